The van der Waals surface area contributed by atoms with Crippen molar-refractivity contribution in [1.29, 1.82) is 0 Å². The van der Waals surface area contributed by atoms with Crippen LogP contribution in [0.2, 0.25) is 0 Å². The van der Waals surface area contributed by atoms with Gasteiger partial charge in [-0.3, -0.25) is 14.4 Å². The molecule has 0 radical (unpaired) electrons. The molecule has 0 heterocycles. The number of Topliss-reactive ketones (excluding diaryl/α,β-unsaturated/α-hetero) is 1. The van der Waals surface area contributed by atoms with Gasteiger partial charge in [0, 0.05) is 24.9 Å². The number of aliphatic hydroxyl groups excluding tert-OH is 2. The summed E-state index contributed by atoms with van der Waals surface area (Å²) in [6.45, 7) is 2.40. The molecule has 0 aliphatic heterocycles. The molecule has 0 saturated carbocycles. The van der Waals surface area contributed by atoms with Crippen molar-refractivity contribution in [3.63, 3.8) is 0 Å². The summed E-state index contributed by atoms with van der Waals surface area (Å²) in [5.41, 5.74) is 1.09. The first-order chi connectivity index (χ1) is 15.6. The summed E-state index contributed by atoms with van der Waals surface area (Å²) >= 11 is 0. The third-order valence-electron chi connectivity index (χ3n) is 5.18. The van der Waals surface area contributed by atoms with Crippen molar-refractivity contribution < 1.29 is 34.5 Å². The fourth-order valence-electron chi connectivity index (χ4n) is 3.00. The number of carbonyl (C=O) groups is 4. The SMILES string of the molecule is CC(C)(CO)[C@@H](O)C(=O)NCCC(=O)C(=O)NCc1cc(C(=O)O)ccc1-c1ccccc1. The molecule has 176 valence electrons. The normalized spacial score (nSPS) is 12.0. The van der Waals surface area contributed by atoms with Gasteiger partial charge in [0.05, 0.1) is 12.2 Å². The van der Waals surface area contributed by atoms with E-state index >= 15 is 0 Å². The van der Waals surface area contributed by atoms with Gasteiger partial charge in [-0.1, -0.05) is 50.2 Å². The first-order valence-corrected chi connectivity index (χ1v) is 10.4. The van der Waals surface area contributed by atoms with E-state index in [4.69, 9.17) is 0 Å². The van der Waals surface area contributed by atoms with Crippen molar-refractivity contribution in [3.8, 4) is 11.1 Å². The van der Waals surface area contributed by atoms with Crippen LogP contribution < -0.4 is 10.6 Å². The van der Waals surface area contributed by atoms with Crippen LogP contribution >= 0.6 is 0 Å². The molecule has 5 N–H and O–H groups in total. The van der Waals surface area contributed by atoms with Crippen LogP contribution in [-0.4, -0.2) is 58.1 Å². The maximum absolute atomic E-state index is 12.2. The molecule has 0 aromatic heterocycles. The van der Waals surface area contributed by atoms with Crippen molar-refractivity contribution in [2.24, 2.45) is 5.41 Å². The van der Waals surface area contributed by atoms with Gasteiger partial charge in [-0.2, -0.15) is 0 Å². The highest BCUT2D eigenvalue weighted by atomic mass is 16.4. The third kappa shape index (κ3) is 6.96. The van der Waals surface area contributed by atoms with Crippen LogP contribution in [0.1, 0.15) is 36.2 Å². The van der Waals surface area contributed by atoms with E-state index in [0.29, 0.717) is 5.56 Å². The molecule has 2 aromatic carbocycles. The van der Waals surface area contributed by atoms with Gasteiger partial charge in [-0.25, -0.2) is 4.79 Å². The summed E-state index contributed by atoms with van der Waals surface area (Å²) in [6, 6.07) is 13.8. The second kappa shape index (κ2) is 11.3. The largest absolute Gasteiger partial charge is 0.478 e. The molecule has 1 atom stereocenters. The van der Waals surface area contributed by atoms with E-state index in [1.54, 1.807) is 6.07 Å². The lowest BCUT2D eigenvalue weighted by Crippen LogP contribution is -2.46. The zero-order valence-electron chi connectivity index (χ0n) is 18.5. The Kier molecular flexibility index (Phi) is 8.84. The Labute approximate surface area is 191 Å². The highest BCUT2D eigenvalue weighted by Crippen LogP contribution is 2.25. The number of carbonyl (C=O) groups excluding carboxylic acids is 3. The Morgan fingerprint density at radius 2 is 1.67 bits per heavy atom. The molecule has 0 spiro atoms. The van der Waals surface area contributed by atoms with Crippen LogP contribution in [0.4, 0.5) is 0 Å². The number of nitrogens with one attached hydrogen (secondary N) is 2. The van der Waals surface area contributed by atoms with Crippen molar-refractivity contribution in [2.45, 2.75) is 32.9 Å². The van der Waals surface area contributed by atoms with Crippen LogP contribution in [0.15, 0.2) is 48.5 Å². The summed E-state index contributed by atoms with van der Waals surface area (Å²) in [6.07, 6.45) is -1.76. The Morgan fingerprint density at radius 3 is 2.27 bits per heavy atom. The summed E-state index contributed by atoms with van der Waals surface area (Å²) in [5, 5.41) is 33.3. The van der Waals surface area contributed by atoms with Crippen molar-refractivity contribution in [3.05, 3.63) is 59.7 Å². The number of benzene rings is 2. The highest BCUT2D eigenvalue weighted by molar-refractivity contribution is 6.36. The zero-order chi connectivity index (χ0) is 24.6. The van der Waals surface area contributed by atoms with Crippen molar-refractivity contribution in [2.75, 3.05) is 13.2 Å². The predicted octanol–water partition coefficient (Wildman–Crippen LogP) is 1.12. The van der Waals surface area contributed by atoms with Gasteiger partial charge in [0.1, 0.15) is 6.10 Å². The molecule has 0 unspecified atom stereocenters. The molecule has 33 heavy (non-hydrogen) atoms. The van der Waals surface area contributed by atoms with Crippen LogP contribution in [0.25, 0.3) is 11.1 Å². The molecule has 9 nitrogen and oxygen atoms in total. The fourth-order valence-corrected chi connectivity index (χ4v) is 3.00. The summed E-state index contributed by atoms with van der Waals surface area (Å²) in [4.78, 5) is 47.6. The smallest absolute Gasteiger partial charge is 0.335 e. The lowest BCUT2D eigenvalue weighted by Gasteiger charge is -2.27. The molecule has 2 rings (SSSR count). The van der Waals surface area contributed by atoms with E-state index in [1.165, 1.54) is 26.0 Å². The number of hydrogen-bond acceptors (Lipinski definition) is 6. The van der Waals surface area contributed by atoms with Crippen molar-refractivity contribution in [1.82, 2.24) is 10.6 Å². The van der Waals surface area contributed by atoms with Gasteiger partial charge in [-0.15, -0.1) is 0 Å². The quantitative estimate of drug-likeness (QED) is 0.318. The standard InChI is InChI=1S/C24H28N2O7/c1-24(2,14-27)20(29)22(31)25-11-10-19(28)21(30)26-13-17-12-16(23(32)33)8-9-18(17)15-6-4-3-5-7-15/h3-9,12,20,27,29H,10-11,13-14H2,1-2H3,(H,25,31)(H,26,30)(H,32,33)/t20-/m0/s1. The topological polar surface area (TPSA) is 153 Å². The average Bonchev–Trinajstić information content (AvgIpc) is 2.81. The molecule has 0 aliphatic carbocycles. The minimum absolute atomic E-state index is 0.0531. The number of aromatic carboxylic acids is 1. The Morgan fingerprint density at radius 1 is 1.00 bits per heavy atom. The van der Waals surface area contributed by atoms with E-state index in [1.807, 2.05) is 30.3 Å². The van der Waals surface area contributed by atoms with Gasteiger partial charge < -0.3 is 26.0 Å². The number of hydrogen-bond donors (Lipinski definition) is 5. The highest BCUT2D eigenvalue weighted by Gasteiger charge is 2.32. The Hall–Kier alpha value is -3.56. The average molecular weight is 456 g/mol. The molecule has 0 fully saturated rings. The number of carboxylic acid groups (broad SMARTS) is 1. The summed E-state index contributed by atoms with van der Waals surface area (Å²) in [5.74, 6) is -3.51. The number of ketones is 1. The minimum Gasteiger partial charge on any atom is -0.478 e. The molecular formula is C24H28N2O7. The summed E-state index contributed by atoms with van der Waals surface area (Å²) in [7, 11) is 0. The van der Waals surface area contributed by atoms with Gasteiger partial charge in [0.25, 0.3) is 5.91 Å². The number of rotatable bonds is 11. The summed E-state index contributed by atoms with van der Waals surface area (Å²) < 4.78 is 0. The van der Waals surface area contributed by atoms with Crippen LogP contribution in [0, 0.1) is 5.41 Å². The van der Waals surface area contributed by atoms with E-state index in [9.17, 15) is 34.5 Å². The van der Waals surface area contributed by atoms with Gasteiger partial charge in [-0.05, 0) is 28.8 Å². The van der Waals surface area contributed by atoms with E-state index < -0.39 is 41.7 Å². The molecule has 2 aromatic rings. The number of amides is 2. The van der Waals surface area contributed by atoms with Gasteiger partial charge in [0.2, 0.25) is 11.7 Å². The lowest BCUT2D eigenvalue weighted by molar-refractivity contribution is -0.139. The third-order valence-corrected chi connectivity index (χ3v) is 5.18. The minimum atomic E-state index is -1.47. The van der Waals surface area contributed by atoms with E-state index in [2.05, 4.69) is 10.6 Å². The van der Waals surface area contributed by atoms with Gasteiger partial charge >= 0.3 is 5.97 Å². The predicted molar refractivity (Wildman–Crippen MR) is 120 cm³/mol. The monoisotopic (exact) mass is 456 g/mol. The Bertz CT molecular complexity index is 1020. The molecular weight excluding hydrogens is 428 g/mol. The maximum atomic E-state index is 12.2. The van der Waals surface area contributed by atoms with Crippen LogP contribution in [-0.2, 0) is 20.9 Å². The van der Waals surface area contributed by atoms with Crippen molar-refractivity contribution >= 4 is 23.6 Å². The first-order valence-electron chi connectivity index (χ1n) is 10.4. The molecule has 0 aliphatic rings. The number of carboxylic acids is 1. The molecule has 0 saturated heterocycles. The molecule has 9 heteroatoms. The second-order valence-electron chi connectivity index (χ2n) is 8.24. The van der Waals surface area contributed by atoms with Crippen LogP contribution in [0.5, 0.6) is 0 Å². The van der Waals surface area contributed by atoms with E-state index in [-0.39, 0.29) is 25.1 Å². The zero-order valence-corrected chi connectivity index (χ0v) is 18.5. The fraction of sp³-hybridized carbons (Fsp3) is 0.333. The maximum Gasteiger partial charge on any atom is 0.335 e. The second-order valence-corrected chi connectivity index (χ2v) is 8.24. The van der Waals surface area contributed by atoms with Crippen LogP contribution in [0.3, 0.4) is 0 Å². The first kappa shape index (κ1) is 25.7. The molecule has 0 bridgehead atoms. The van der Waals surface area contributed by atoms with Gasteiger partial charge in [0.15, 0.2) is 0 Å². The lowest BCUT2D eigenvalue weighted by atomic mass is 9.87. The van der Waals surface area contributed by atoms with E-state index in [0.717, 1.165) is 11.1 Å². The molecule has 2 amide bonds. The Balaban J connectivity index is 1.98. The number of aliphatic hydroxyl groups is 2.